The number of piperazine rings is 1. The minimum absolute atomic E-state index is 0.278. The van der Waals surface area contributed by atoms with Gasteiger partial charge in [-0.15, -0.1) is 0 Å². The Morgan fingerprint density at radius 2 is 1.96 bits per heavy atom. The summed E-state index contributed by atoms with van der Waals surface area (Å²) in [6.45, 7) is 8.05. The second-order valence-electron chi connectivity index (χ2n) is 7.00. The summed E-state index contributed by atoms with van der Waals surface area (Å²) in [4.78, 5) is 30.9. The number of carbonyl (C=O) groups is 1. The van der Waals surface area contributed by atoms with Crippen LogP contribution in [-0.4, -0.2) is 78.1 Å². The zero-order valence-corrected chi connectivity index (χ0v) is 16.9. The van der Waals surface area contributed by atoms with Crippen LogP contribution in [0.3, 0.4) is 0 Å². The molecule has 0 N–H and O–H groups in total. The van der Waals surface area contributed by atoms with Crippen LogP contribution in [0.2, 0.25) is 0 Å². The van der Waals surface area contributed by atoms with Crippen LogP contribution in [0, 0.1) is 0 Å². The van der Waals surface area contributed by atoms with Gasteiger partial charge in [-0.3, -0.25) is 0 Å². The van der Waals surface area contributed by atoms with Crippen LogP contribution in [0.15, 0.2) is 15.7 Å². The van der Waals surface area contributed by atoms with E-state index < -0.39 is 5.60 Å². The third-order valence-corrected chi connectivity index (χ3v) is 3.90. The molecule has 1 saturated heterocycles. The van der Waals surface area contributed by atoms with Crippen molar-refractivity contribution in [1.82, 2.24) is 19.8 Å². The molecule has 1 aliphatic rings. The molecule has 1 aliphatic heterocycles. The van der Waals surface area contributed by atoms with Crippen molar-refractivity contribution in [2.75, 3.05) is 45.2 Å². The highest BCUT2D eigenvalue weighted by Gasteiger charge is 2.26. The molecule has 0 aromatic carbocycles. The van der Waals surface area contributed by atoms with E-state index in [1.165, 1.54) is 0 Å². The third-order valence-electron chi connectivity index (χ3n) is 3.34. The summed E-state index contributed by atoms with van der Waals surface area (Å²) in [5.74, 6) is 1.19. The topological polar surface area (TPSA) is 74.2 Å². The molecular weight excluding hydrogens is 388 g/mol. The van der Waals surface area contributed by atoms with E-state index in [2.05, 4.69) is 30.9 Å². The van der Waals surface area contributed by atoms with Crippen molar-refractivity contribution in [2.24, 2.45) is 4.99 Å². The molecule has 0 bridgehead atoms. The van der Waals surface area contributed by atoms with Crippen LogP contribution in [0.4, 0.5) is 16.6 Å². The van der Waals surface area contributed by atoms with Gasteiger partial charge >= 0.3 is 6.09 Å². The van der Waals surface area contributed by atoms with Crippen molar-refractivity contribution >= 4 is 40.1 Å². The average molecular weight is 413 g/mol. The average Bonchev–Trinajstić information content (AvgIpc) is 2.52. The van der Waals surface area contributed by atoms with Gasteiger partial charge in [-0.2, -0.15) is 4.98 Å². The van der Waals surface area contributed by atoms with Crippen molar-refractivity contribution in [3.8, 4) is 0 Å². The first-order valence-corrected chi connectivity index (χ1v) is 8.91. The van der Waals surface area contributed by atoms with Gasteiger partial charge in [-0.25, -0.2) is 14.8 Å². The summed E-state index contributed by atoms with van der Waals surface area (Å²) in [5.41, 5.74) is -0.484. The predicted molar refractivity (Wildman–Crippen MR) is 102 cm³/mol. The van der Waals surface area contributed by atoms with Crippen LogP contribution in [0.25, 0.3) is 0 Å². The number of ether oxygens (including phenoxy) is 1. The van der Waals surface area contributed by atoms with Gasteiger partial charge in [-0.1, -0.05) is 0 Å². The summed E-state index contributed by atoms with van der Waals surface area (Å²) in [6.07, 6.45) is 3.11. The summed E-state index contributed by atoms with van der Waals surface area (Å²) < 4.78 is 6.15. The first-order chi connectivity index (χ1) is 11.7. The number of anilines is 1. The van der Waals surface area contributed by atoms with Gasteiger partial charge in [0.15, 0.2) is 5.82 Å². The Balaban J connectivity index is 2.01. The van der Waals surface area contributed by atoms with Gasteiger partial charge < -0.3 is 19.4 Å². The molecule has 1 amide bonds. The number of halogens is 1. The maximum atomic E-state index is 12.1. The fourth-order valence-corrected chi connectivity index (χ4v) is 2.47. The van der Waals surface area contributed by atoms with Gasteiger partial charge in [0.1, 0.15) is 5.60 Å². The Bertz CT molecular complexity index is 636. The largest absolute Gasteiger partial charge is 0.444 e. The monoisotopic (exact) mass is 412 g/mol. The van der Waals surface area contributed by atoms with Crippen molar-refractivity contribution < 1.29 is 9.53 Å². The standard InChI is InChI=1S/C16H25BrN6O2/c1-16(2,3)25-15(24)23-8-6-22(7-9-23)14-18-10-12(17)13(20-14)19-11-21(4)5/h10-11H,6-9H2,1-5H3/b19-11-. The maximum Gasteiger partial charge on any atom is 0.410 e. The quantitative estimate of drug-likeness (QED) is 0.560. The van der Waals surface area contributed by atoms with E-state index in [1.54, 1.807) is 17.4 Å². The number of hydrogen-bond donors (Lipinski definition) is 0. The summed E-state index contributed by atoms with van der Waals surface area (Å²) >= 11 is 3.42. The molecule has 0 atom stereocenters. The number of aromatic nitrogens is 2. The molecule has 1 fully saturated rings. The lowest BCUT2D eigenvalue weighted by atomic mass is 10.2. The number of rotatable bonds is 3. The number of aliphatic imine (C=N–C) groups is 1. The Morgan fingerprint density at radius 3 is 2.52 bits per heavy atom. The number of carbonyl (C=O) groups excluding carboxylic acids is 1. The minimum Gasteiger partial charge on any atom is -0.444 e. The fraction of sp³-hybridized carbons (Fsp3) is 0.625. The van der Waals surface area contributed by atoms with E-state index in [9.17, 15) is 4.79 Å². The zero-order chi connectivity index (χ0) is 18.6. The summed E-state index contributed by atoms with van der Waals surface area (Å²) in [5, 5.41) is 0. The van der Waals surface area contributed by atoms with Crippen molar-refractivity contribution in [3.63, 3.8) is 0 Å². The molecule has 138 valence electrons. The maximum absolute atomic E-state index is 12.1. The van der Waals surface area contributed by atoms with Crippen molar-refractivity contribution in [3.05, 3.63) is 10.7 Å². The SMILES string of the molecule is CN(C)/C=N\c1nc(N2CCN(C(=O)OC(C)(C)C)CC2)ncc1Br. The van der Waals surface area contributed by atoms with Crippen LogP contribution in [0.1, 0.15) is 20.8 Å². The molecule has 0 unspecified atom stereocenters. The zero-order valence-electron chi connectivity index (χ0n) is 15.4. The first-order valence-electron chi connectivity index (χ1n) is 8.12. The van der Waals surface area contributed by atoms with Gasteiger partial charge in [0, 0.05) is 46.5 Å². The molecule has 8 nitrogen and oxygen atoms in total. The van der Waals surface area contributed by atoms with Gasteiger partial charge in [0.25, 0.3) is 0 Å². The molecule has 1 aromatic heterocycles. The van der Waals surface area contributed by atoms with Crippen LogP contribution in [-0.2, 0) is 4.74 Å². The molecule has 0 radical (unpaired) electrons. The van der Waals surface area contributed by atoms with E-state index >= 15 is 0 Å². The Kier molecular flexibility index (Phi) is 6.21. The van der Waals surface area contributed by atoms with Crippen LogP contribution in [0.5, 0.6) is 0 Å². The van der Waals surface area contributed by atoms with E-state index in [4.69, 9.17) is 4.74 Å². The lowest BCUT2D eigenvalue weighted by molar-refractivity contribution is 0.0240. The lowest BCUT2D eigenvalue weighted by Gasteiger charge is -2.35. The predicted octanol–water partition coefficient (Wildman–Crippen LogP) is 2.52. The highest BCUT2D eigenvalue weighted by Crippen LogP contribution is 2.24. The molecule has 2 heterocycles. The van der Waals surface area contributed by atoms with Gasteiger partial charge in [0.05, 0.1) is 10.8 Å². The highest BCUT2D eigenvalue weighted by atomic mass is 79.9. The third kappa shape index (κ3) is 5.84. The number of amides is 1. The summed E-state index contributed by atoms with van der Waals surface area (Å²) in [7, 11) is 3.80. The Labute approximate surface area is 157 Å². The van der Waals surface area contributed by atoms with E-state index in [0.717, 1.165) is 4.47 Å². The van der Waals surface area contributed by atoms with Crippen LogP contribution >= 0.6 is 15.9 Å². The fourth-order valence-electron chi connectivity index (χ4n) is 2.18. The van der Waals surface area contributed by atoms with Gasteiger partial charge in [-0.05, 0) is 36.7 Å². The molecule has 0 spiro atoms. The van der Waals surface area contributed by atoms with E-state index in [0.29, 0.717) is 37.9 Å². The van der Waals surface area contributed by atoms with Crippen LogP contribution < -0.4 is 4.90 Å². The molecule has 0 saturated carbocycles. The Morgan fingerprint density at radius 1 is 1.32 bits per heavy atom. The minimum atomic E-state index is -0.484. The molecule has 2 rings (SSSR count). The molecule has 25 heavy (non-hydrogen) atoms. The molecule has 1 aromatic rings. The van der Waals surface area contributed by atoms with Crippen molar-refractivity contribution in [1.29, 1.82) is 0 Å². The second kappa shape index (κ2) is 7.99. The van der Waals surface area contributed by atoms with Gasteiger partial charge in [0.2, 0.25) is 5.95 Å². The lowest BCUT2D eigenvalue weighted by Crippen LogP contribution is -2.50. The highest BCUT2D eigenvalue weighted by molar-refractivity contribution is 9.10. The summed E-state index contributed by atoms with van der Waals surface area (Å²) in [6, 6.07) is 0. The Hall–Kier alpha value is -1.90. The first kappa shape index (κ1) is 19.4. The van der Waals surface area contributed by atoms with Crippen molar-refractivity contribution in [2.45, 2.75) is 26.4 Å². The number of nitrogens with zero attached hydrogens (tertiary/aromatic N) is 6. The van der Waals surface area contributed by atoms with E-state index in [-0.39, 0.29) is 6.09 Å². The molecular formula is C16H25BrN6O2. The molecule has 0 aliphatic carbocycles. The normalized spacial score (nSPS) is 15.6. The smallest absolute Gasteiger partial charge is 0.410 e. The number of hydrogen-bond acceptors (Lipinski definition) is 6. The molecule has 9 heteroatoms. The van der Waals surface area contributed by atoms with E-state index in [1.807, 2.05) is 44.7 Å². The second-order valence-corrected chi connectivity index (χ2v) is 7.86.